The van der Waals surface area contributed by atoms with Gasteiger partial charge in [0, 0.05) is 11.5 Å². The summed E-state index contributed by atoms with van der Waals surface area (Å²) in [6, 6.07) is 8.54. The molecule has 0 fully saturated rings. The van der Waals surface area contributed by atoms with E-state index in [-0.39, 0.29) is 17.3 Å². The standard InChI is InChI=1S/C14H16FNS/c1-14(2,11-3-5-12(15)6-4-11)13(16)10-7-8-17-9-10/h3-9,13H,16H2,1-2H3. The molecule has 0 aliphatic heterocycles. The van der Waals surface area contributed by atoms with Crippen molar-refractivity contribution >= 4 is 11.3 Å². The molecule has 1 aromatic heterocycles. The fraction of sp³-hybridized carbons (Fsp3) is 0.286. The minimum absolute atomic E-state index is 0.0841. The van der Waals surface area contributed by atoms with Gasteiger partial charge in [-0.05, 0) is 40.1 Å². The lowest BCUT2D eigenvalue weighted by Crippen LogP contribution is -2.32. The second-order valence-electron chi connectivity index (χ2n) is 4.76. The summed E-state index contributed by atoms with van der Waals surface area (Å²) in [5.41, 5.74) is 8.27. The molecule has 3 heteroatoms. The summed E-state index contributed by atoms with van der Waals surface area (Å²) in [6.45, 7) is 4.17. The summed E-state index contributed by atoms with van der Waals surface area (Å²) in [5.74, 6) is -0.214. The predicted molar refractivity (Wildman–Crippen MR) is 70.7 cm³/mol. The zero-order valence-electron chi connectivity index (χ0n) is 9.98. The van der Waals surface area contributed by atoms with Crippen molar-refractivity contribution in [2.24, 2.45) is 5.73 Å². The monoisotopic (exact) mass is 249 g/mol. The molecule has 1 aromatic carbocycles. The highest BCUT2D eigenvalue weighted by atomic mass is 32.1. The van der Waals surface area contributed by atoms with Gasteiger partial charge in [0.15, 0.2) is 0 Å². The highest BCUT2D eigenvalue weighted by Crippen LogP contribution is 2.35. The summed E-state index contributed by atoms with van der Waals surface area (Å²) in [6.07, 6.45) is 0. The smallest absolute Gasteiger partial charge is 0.123 e. The fourth-order valence-corrected chi connectivity index (χ4v) is 2.62. The Bertz CT molecular complexity index is 473. The van der Waals surface area contributed by atoms with Gasteiger partial charge in [0.25, 0.3) is 0 Å². The first kappa shape index (κ1) is 12.3. The summed E-state index contributed by atoms with van der Waals surface area (Å²) < 4.78 is 12.9. The van der Waals surface area contributed by atoms with Crippen LogP contribution in [0.3, 0.4) is 0 Å². The van der Waals surface area contributed by atoms with Crippen LogP contribution in [-0.2, 0) is 5.41 Å². The van der Waals surface area contributed by atoms with E-state index in [1.54, 1.807) is 11.3 Å². The lowest BCUT2D eigenvalue weighted by Gasteiger charge is -2.32. The molecule has 0 aliphatic carbocycles. The Morgan fingerprint density at radius 2 is 1.82 bits per heavy atom. The second-order valence-corrected chi connectivity index (χ2v) is 5.54. The summed E-state index contributed by atoms with van der Waals surface area (Å²) in [7, 11) is 0. The quantitative estimate of drug-likeness (QED) is 0.878. The molecular formula is C14H16FNS. The zero-order valence-corrected chi connectivity index (χ0v) is 10.8. The van der Waals surface area contributed by atoms with Gasteiger partial charge in [0.1, 0.15) is 5.82 Å². The lowest BCUT2D eigenvalue weighted by atomic mass is 9.76. The molecule has 2 aromatic rings. The Balaban J connectivity index is 2.32. The molecule has 17 heavy (non-hydrogen) atoms. The van der Waals surface area contributed by atoms with Crippen LogP contribution in [-0.4, -0.2) is 0 Å². The van der Waals surface area contributed by atoms with Crippen molar-refractivity contribution in [3.8, 4) is 0 Å². The molecule has 2 rings (SSSR count). The van der Waals surface area contributed by atoms with Crippen LogP contribution < -0.4 is 5.73 Å². The number of benzene rings is 1. The first-order valence-electron chi connectivity index (χ1n) is 5.55. The van der Waals surface area contributed by atoms with Gasteiger partial charge in [-0.2, -0.15) is 11.3 Å². The highest BCUT2D eigenvalue weighted by molar-refractivity contribution is 7.07. The molecule has 1 heterocycles. The number of hydrogen-bond acceptors (Lipinski definition) is 2. The Hall–Kier alpha value is -1.19. The molecule has 0 radical (unpaired) electrons. The zero-order chi connectivity index (χ0) is 12.5. The summed E-state index contributed by atoms with van der Waals surface area (Å²) in [4.78, 5) is 0. The number of rotatable bonds is 3. The summed E-state index contributed by atoms with van der Waals surface area (Å²) in [5, 5.41) is 4.09. The van der Waals surface area contributed by atoms with E-state index in [4.69, 9.17) is 5.73 Å². The van der Waals surface area contributed by atoms with Crippen LogP contribution in [0.4, 0.5) is 4.39 Å². The van der Waals surface area contributed by atoms with E-state index in [1.165, 1.54) is 12.1 Å². The molecule has 1 atom stereocenters. The van der Waals surface area contributed by atoms with Crippen LogP contribution in [0.25, 0.3) is 0 Å². The van der Waals surface area contributed by atoms with Gasteiger partial charge >= 0.3 is 0 Å². The SMILES string of the molecule is CC(C)(c1ccc(F)cc1)C(N)c1ccsc1. The summed E-state index contributed by atoms with van der Waals surface area (Å²) >= 11 is 1.64. The van der Waals surface area contributed by atoms with E-state index < -0.39 is 0 Å². The van der Waals surface area contributed by atoms with E-state index in [0.717, 1.165) is 11.1 Å². The van der Waals surface area contributed by atoms with Gasteiger partial charge in [-0.15, -0.1) is 0 Å². The van der Waals surface area contributed by atoms with Crippen LogP contribution in [0.15, 0.2) is 41.1 Å². The van der Waals surface area contributed by atoms with E-state index >= 15 is 0 Å². The van der Waals surface area contributed by atoms with Gasteiger partial charge < -0.3 is 5.73 Å². The lowest BCUT2D eigenvalue weighted by molar-refractivity contribution is 0.421. The molecule has 0 aliphatic rings. The van der Waals surface area contributed by atoms with Gasteiger partial charge in [-0.25, -0.2) is 4.39 Å². The number of hydrogen-bond donors (Lipinski definition) is 1. The first-order valence-corrected chi connectivity index (χ1v) is 6.50. The van der Waals surface area contributed by atoms with Crippen molar-refractivity contribution in [3.63, 3.8) is 0 Å². The average molecular weight is 249 g/mol. The van der Waals surface area contributed by atoms with Gasteiger partial charge in [0.05, 0.1) is 0 Å². The molecule has 0 amide bonds. The Morgan fingerprint density at radius 1 is 1.18 bits per heavy atom. The van der Waals surface area contributed by atoms with Crippen LogP contribution in [0, 0.1) is 5.82 Å². The molecule has 1 unspecified atom stereocenters. The van der Waals surface area contributed by atoms with Gasteiger partial charge in [0.2, 0.25) is 0 Å². The van der Waals surface area contributed by atoms with Crippen molar-refractivity contribution in [2.75, 3.05) is 0 Å². The van der Waals surface area contributed by atoms with Crippen molar-refractivity contribution in [2.45, 2.75) is 25.3 Å². The third-order valence-electron chi connectivity index (χ3n) is 3.27. The highest BCUT2D eigenvalue weighted by Gasteiger charge is 2.29. The Kier molecular flexibility index (Phi) is 3.31. The number of nitrogens with two attached hydrogens (primary N) is 1. The maximum Gasteiger partial charge on any atom is 0.123 e. The average Bonchev–Trinajstić information content (AvgIpc) is 2.82. The van der Waals surface area contributed by atoms with Crippen molar-refractivity contribution in [3.05, 3.63) is 58.0 Å². The molecule has 0 saturated heterocycles. The van der Waals surface area contributed by atoms with E-state index in [0.29, 0.717) is 0 Å². The maximum absolute atomic E-state index is 12.9. The number of halogens is 1. The fourth-order valence-electron chi connectivity index (χ4n) is 1.93. The van der Waals surface area contributed by atoms with Gasteiger partial charge in [-0.1, -0.05) is 26.0 Å². The van der Waals surface area contributed by atoms with E-state index in [9.17, 15) is 4.39 Å². The minimum atomic E-state index is -0.214. The van der Waals surface area contributed by atoms with Gasteiger partial charge in [-0.3, -0.25) is 0 Å². The van der Waals surface area contributed by atoms with Crippen LogP contribution in [0.1, 0.15) is 31.0 Å². The van der Waals surface area contributed by atoms with Crippen molar-refractivity contribution < 1.29 is 4.39 Å². The van der Waals surface area contributed by atoms with Crippen LogP contribution in [0.5, 0.6) is 0 Å². The third kappa shape index (κ3) is 2.40. The maximum atomic E-state index is 12.9. The second kappa shape index (κ2) is 4.59. The van der Waals surface area contributed by atoms with Crippen LogP contribution in [0.2, 0.25) is 0 Å². The Morgan fingerprint density at radius 3 is 2.35 bits per heavy atom. The number of thiophene rings is 1. The normalized spacial score (nSPS) is 13.6. The predicted octanol–water partition coefficient (Wildman–Crippen LogP) is 3.86. The van der Waals surface area contributed by atoms with Crippen molar-refractivity contribution in [1.29, 1.82) is 0 Å². The van der Waals surface area contributed by atoms with Crippen LogP contribution >= 0.6 is 11.3 Å². The molecule has 0 spiro atoms. The van der Waals surface area contributed by atoms with E-state index in [1.807, 2.05) is 23.6 Å². The molecule has 0 saturated carbocycles. The third-order valence-corrected chi connectivity index (χ3v) is 3.97. The molecule has 2 N–H and O–H groups in total. The molecule has 1 nitrogen and oxygen atoms in total. The first-order chi connectivity index (χ1) is 8.01. The topological polar surface area (TPSA) is 26.0 Å². The molecule has 90 valence electrons. The largest absolute Gasteiger partial charge is 0.323 e. The molecule has 0 bridgehead atoms. The van der Waals surface area contributed by atoms with E-state index in [2.05, 4.69) is 19.2 Å². The van der Waals surface area contributed by atoms with Crippen molar-refractivity contribution in [1.82, 2.24) is 0 Å². The minimum Gasteiger partial charge on any atom is -0.323 e. The Labute approximate surface area is 105 Å². The molecular weight excluding hydrogens is 233 g/mol.